The third kappa shape index (κ3) is 11.2. The highest BCUT2D eigenvalue weighted by Crippen LogP contribution is 2.43. The van der Waals surface area contributed by atoms with E-state index in [1.807, 2.05) is 48.5 Å². The van der Waals surface area contributed by atoms with Crippen molar-refractivity contribution in [1.82, 2.24) is 0 Å². The molecule has 5 aromatic carbocycles. The van der Waals surface area contributed by atoms with Gasteiger partial charge in [0.05, 0.1) is 6.10 Å². The van der Waals surface area contributed by atoms with Crippen LogP contribution < -0.4 is 15.1 Å². The third-order valence-electron chi connectivity index (χ3n) is 7.48. The first-order valence-electron chi connectivity index (χ1n) is 15.8. The number of benzene rings is 5. The molecular weight excluding hydrogens is 598 g/mol. The topological polar surface area (TPSA) is 18.5 Å². The summed E-state index contributed by atoms with van der Waals surface area (Å²) in [5.41, 5.74) is 8.80. The van der Waals surface area contributed by atoms with Gasteiger partial charge in [0, 0.05) is 25.6 Å². The first kappa shape index (κ1) is 35.1. The second kappa shape index (κ2) is 18.4. The minimum atomic E-state index is -0.0131. The van der Waals surface area contributed by atoms with E-state index in [0.29, 0.717) is 8.81 Å². The molecule has 0 radical (unpaired) electrons. The lowest BCUT2D eigenvalue weighted by molar-refractivity contribution is 0.253. The van der Waals surface area contributed by atoms with Gasteiger partial charge in [-0.1, -0.05) is 168 Å². The van der Waals surface area contributed by atoms with Crippen LogP contribution >= 0.6 is 17.6 Å². The second-order valence-corrected chi connectivity index (χ2v) is 13.7. The van der Waals surface area contributed by atoms with Crippen LogP contribution in [-0.4, -0.2) is 6.10 Å². The van der Waals surface area contributed by atoms with E-state index in [4.69, 9.17) is 9.05 Å². The maximum Gasteiger partial charge on any atom is 0.130 e. The van der Waals surface area contributed by atoms with Gasteiger partial charge in [-0.25, -0.2) is 0 Å². The molecule has 0 N–H and O–H groups in total. The van der Waals surface area contributed by atoms with Crippen LogP contribution in [-0.2, 0) is 4.52 Å². The highest BCUT2D eigenvalue weighted by Gasteiger charge is 2.30. The summed E-state index contributed by atoms with van der Waals surface area (Å²) in [6, 6.07) is 45.8. The van der Waals surface area contributed by atoms with E-state index >= 15 is 0 Å². The Kier molecular flexibility index (Phi) is 14.0. The average Bonchev–Trinajstić information content (AvgIpc) is 3.06. The summed E-state index contributed by atoms with van der Waals surface area (Å²) >= 11 is 0. The van der Waals surface area contributed by atoms with Crippen molar-refractivity contribution in [3.05, 3.63) is 185 Å². The van der Waals surface area contributed by atoms with E-state index < -0.39 is 0 Å². The zero-order valence-electron chi connectivity index (χ0n) is 27.8. The van der Waals surface area contributed by atoms with Gasteiger partial charge in [-0.05, 0) is 58.0 Å². The van der Waals surface area contributed by atoms with Crippen LogP contribution in [0.3, 0.4) is 0 Å². The first-order chi connectivity index (χ1) is 22.3. The minimum Gasteiger partial charge on any atom is -0.472 e. The van der Waals surface area contributed by atoms with Crippen LogP contribution in [0.25, 0.3) is 0 Å². The Balaban J connectivity index is 0.000000280. The van der Waals surface area contributed by atoms with E-state index in [1.54, 1.807) is 0 Å². The zero-order valence-corrected chi connectivity index (χ0v) is 29.8. The summed E-state index contributed by atoms with van der Waals surface area (Å²) in [7, 11) is 0.575. The molecule has 46 heavy (non-hydrogen) atoms. The highest BCUT2D eigenvalue weighted by atomic mass is 31.1. The molecule has 236 valence electrons. The highest BCUT2D eigenvalue weighted by molar-refractivity contribution is 7.42. The Labute approximate surface area is 280 Å². The molecule has 1 aliphatic carbocycles. The van der Waals surface area contributed by atoms with Gasteiger partial charge >= 0.3 is 0 Å². The molecule has 4 atom stereocenters. The van der Waals surface area contributed by atoms with Gasteiger partial charge in [0.2, 0.25) is 0 Å². The minimum absolute atomic E-state index is 0.0131. The SMILES string of the molecule is CC1=CC(c2cc(C)cc(C)c2OPc2ccccc2)C(OPc2ccccc2)C(C)=C1.Cc1ccccc1.Cc1ccccc1. The molecule has 0 saturated heterocycles. The molecule has 0 fully saturated rings. The Bertz CT molecular complexity index is 1640. The van der Waals surface area contributed by atoms with Gasteiger partial charge < -0.3 is 9.05 Å². The van der Waals surface area contributed by atoms with Gasteiger partial charge in [0.1, 0.15) is 14.6 Å². The summed E-state index contributed by atoms with van der Waals surface area (Å²) in [5.74, 6) is 1.10. The van der Waals surface area contributed by atoms with Crippen LogP contribution in [0.15, 0.2) is 157 Å². The summed E-state index contributed by atoms with van der Waals surface area (Å²) in [4.78, 5) is 0. The fourth-order valence-corrected chi connectivity index (χ4v) is 7.01. The molecule has 0 heterocycles. The number of hydrogen-bond donors (Lipinski definition) is 0. The molecule has 0 bridgehead atoms. The van der Waals surface area contributed by atoms with E-state index in [-0.39, 0.29) is 20.8 Å². The summed E-state index contributed by atoms with van der Waals surface area (Å²) in [6.45, 7) is 12.8. The quantitative estimate of drug-likeness (QED) is 0.164. The van der Waals surface area contributed by atoms with Crippen LogP contribution in [0.2, 0.25) is 0 Å². The summed E-state index contributed by atoms with van der Waals surface area (Å²) in [5, 5.41) is 2.41. The lowest BCUT2D eigenvalue weighted by Crippen LogP contribution is -2.24. The molecule has 0 aromatic heterocycles. The number of aryl methyl sites for hydroxylation is 4. The molecular formula is C42H46O2P2. The van der Waals surface area contributed by atoms with E-state index in [2.05, 4.69) is 139 Å². The Hall–Kier alpha value is -3.80. The van der Waals surface area contributed by atoms with E-state index in [1.165, 1.54) is 49.6 Å². The van der Waals surface area contributed by atoms with Crippen LogP contribution in [0.5, 0.6) is 5.75 Å². The third-order valence-corrected chi connectivity index (χ3v) is 9.30. The number of hydrogen-bond acceptors (Lipinski definition) is 2. The van der Waals surface area contributed by atoms with Gasteiger partial charge in [0.15, 0.2) is 0 Å². The van der Waals surface area contributed by atoms with Crippen molar-refractivity contribution in [1.29, 1.82) is 0 Å². The van der Waals surface area contributed by atoms with Crippen molar-refractivity contribution < 1.29 is 9.05 Å². The van der Waals surface area contributed by atoms with Crippen molar-refractivity contribution in [3.63, 3.8) is 0 Å². The van der Waals surface area contributed by atoms with Crippen molar-refractivity contribution in [2.75, 3.05) is 0 Å². The maximum absolute atomic E-state index is 6.56. The molecule has 0 amide bonds. The fraction of sp³-hybridized carbons (Fsp3) is 0.190. The molecule has 0 aliphatic heterocycles. The van der Waals surface area contributed by atoms with E-state index in [9.17, 15) is 0 Å². The van der Waals surface area contributed by atoms with Crippen LogP contribution in [0.4, 0.5) is 0 Å². The predicted molar refractivity (Wildman–Crippen MR) is 203 cm³/mol. The summed E-state index contributed by atoms with van der Waals surface area (Å²) < 4.78 is 13.0. The van der Waals surface area contributed by atoms with Gasteiger partial charge in [0.25, 0.3) is 0 Å². The smallest absolute Gasteiger partial charge is 0.130 e. The van der Waals surface area contributed by atoms with Gasteiger partial charge in [-0.2, -0.15) is 0 Å². The number of rotatable bonds is 7. The van der Waals surface area contributed by atoms with Crippen molar-refractivity contribution in [3.8, 4) is 5.75 Å². The molecule has 1 aliphatic rings. The second-order valence-electron chi connectivity index (χ2n) is 11.7. The lowest BCUT2D eigenvalue weighted by atomic mass is 9.82. The largest absolute Gasteiger partial charge is 0.472 e. The zero-order chi connectivity index (χ0) is 32.7. The predicted octanol–water partition coefficient (Wildman–Crippen LogP) is 10.9. The maximum atomic E-state index is 6.56. The van der Waals surface area contributed by atoms with Gasteiger partial charge in [-0.15, -0.1) is 0 Å². The summed E-state index contributed by atoms with van der Waals surface area (Å²) in [6.07, 6.45) is 4.56. The Morgan fingerprint density at radius 2 is 1.00 bits per heavy atom. The van der Waals surface area contributed by atoms with Crippen LogP contribution in [0.1, 0.15) is 47.6 Å². The molecule has 0 saturated carbocycles. The monoisotopic (exact) mass is 644 g/mol. The van der Waals surface area contributed by atoms with Crippen LogP contribution in [0, 0.1) is 27.7 Å². The molecule has 4 unspecified atom stereocenters. The van der Waals surface area contributed by atoms with E-state index in [0.717, 1.165) is 5.75 Å². The fourth-order valence-electron chi connectivity index (χ4n) is 5.26. The normalized spacial score (nSPS) is 15.8. The molecule has 5 aromatic rings. The molecule has 0 spiro atoms. The standard InChI is InChI=1S/C28H30O2P2.2C7H8/c1-19-15-21(3)27(29-31-23-11-7-5-8-12-23)25(17-19)26-18-20(2)16-22(4)28(26)30-32-24-13-9-6-10-14-24;2*1-7-5-3-2-4-6-7/h5-18,25,27,31-32H,1-4H3;2*2-6H,1H3. The lowest BCUT2D eigenvalue weighted by Gasteiger charge is -2.31. The Morgan fingerprint density at radius 3 is 1.48 bits per heavy atom. The molecule has 2 nitrogen and oxygen atoms in total. The molecule has 6 rings (SSSR count). The van der Waals surface area contributed by atoms with Crippen molar-refractivity contribution in [2.45, 2.75) is 53.6 Å². The first-order valence-corrected chi connectivity index (χ1v) is 17.6. The average molecular weight is 645 g/mol. The van der Waals surface area contributed by atoms with Gasteiger partial charge in [-0.3, -0.25) is 0 Å². The van der Waals surface area contributed by atoms with Crippen molar-refractivity contribution >= 4 is 28.2 Å². The Morgan fingerprint density at radius 1 is 0.522 bits per heavy atom. The molecule has 4 heteroatoms. The van der Waals surface area contributed by atoms with Crippen molar-refractivity contribution in [2.24, 2.45) is 0 Å². The number of allylic oxidation sites excluding steroid dienone is 2.